The van der Waals surface area contributed by atoms with Gasteiger partial charge in [-0.05, 0) is 52.0 Å². The molecular formula is C16H18BClFN3O4S. The number of halogens is 2. The summed E-state index contributed by atoms with van der Waals surface area (Å²) in [6.45, 7) is 7.59. The largest absolute Gasteiger partial charge is 0.514 e. The minimum absolute atomic E-state index is 0.0896. The molecule has 3 heterocycles. The van der Waals surface area contributed by atoms with Crippen molar-refractivity contribution in [3.05, 3.63) is 41.4 Å². The van der Waals surface area contributed by atoms with Crippen LogP contribution in [0.2, 0.25) is 5.02 Å². The molecule has 1 aliphatic rings. The number of anilines is 1. The summed E-state index contributed by atoms with van der Waals surface area (Å²) in [7, 11) is -4.82. The van der Waals surface area contributed by atoms with Crippen LogP contribution in [0.5, 0.6) is 0 Å². The summed E-state index contributed by atoms with van der Waals surface area (Å²) in [5, 5.41) is 0.0916. The minimum atomic E-state index is -4.05. The van der Waals surface area contributed by atoms with E-state index in [9.17, 15) is 12.8 Å². The molecule has 27 heavy (non-hydrogen) atoms. The highest BCUT2D eigenvalue weighted by molar-refractivity contribution is 7.92. The van der Waals surface area contributed by atoms with E-state index in [0.717, 1.165) is 18.3 Å². The first-order chi connectivity index (χ1) is 12.4. The fourth-order valence-electron chi connectivity index (χ4n) is 2.33. The van der Waals surface area contributed by atoms with Crippen LogP contribution in [0.15, 0.2) is 35.4 Å². The first-order valence-corrected chi connectivity index (χ1v) is 9.94. The fraction of sp³-hybridized carbons (Fsp3) is 0.375. The van der Waals surface area contributed by atoms with Gasteiger partial charge in [-0.2, -0.15) is 4.39 Å². The number of nitrogens with one attached hydrogen (secondary N) is 1. The van der Waals surface area contributed by atoms with Crippen LogP contribution in [0, 0.1) is 5.95 Å². The molecule has 0 unspecified atom stereocenters. The highest BCUT2D eigenvalue weighted by Gasteiger charge is 2.52. The van der Waals surface area contributed by atoms with Crippen LogP contribution >= 0.6 is 11.6 Å². The second-order valence-corrected chi connectivity index (χ2v) is 9.17. The van der Waals surface area contributed by atoms with Gasteiger partial charge in [-0.25, -0.2) is 18.4 Å². The summed E-state index contributed by atoms with van der Waals surface area (Å²) in [5.41, 5.74) is -0.773. The molecule has 0 aliphatic carbocycles. The summed E-state index contributed by atoms with van der Waals surface area (Å²) in [5.74, 6) is -0.874. The lowest BCUT2D eigenvalue weighted by Crippen LogP contribution is -2.41. The molecule has 0 spiro atoms. The van der Waals surface area contributed by atoms with Crippen molar-refractivity contribution in [3.63, 3.8) is 0 Å². The third-order valence-electron chi connectivity index (χ3n) is 4.60. The van der Waals surface area contributed by atoms with Gasteiger partial charge in [0, 0.05) is 0 Å². The molecule has 0 bridgehead atoms. The Labute approximate surface area is 162 Å². The third kappa shape index (κ3) is 3.93. The molecule has 0 aromatic carbocycles. The van der Waals surface area contributed by atoms with Gasteiger partial charge < -0.3 is 9.31 Å². The summed E-state index contributed by atoms with van der Waals surface area (Å²) in [4.78, 5) is 7.37. The Morgan fingerprint density at radius 1 is 1.11 bits per heavy atom. The van der Waals surface area contributed by atoms with Crippen molar-refractivity contribution in [3.8, 4) is 0 Å². The number of rotatable bonds is 4. The van der Waals surface area contributed by atoms with Gasteiger partial charge in [-0.1, -0.05) is 11.6 Å². The van der Waals surface area contributed by atoms with Gasteiger partial charge >= 0.3 is 7.12 Å². The SMILES string of the molecule is CC1(C)OB(c2ccc(Cl)c(NS(=O)(=O)c3ccc(F)nc3)n2)OC1(C)C. The van der Waals surface area contributed by atoms with E-state index in [4.69, 9.17) is 20.9 Å². The average Bonchev–Trinajstić information content (AvgIpc) is 2.78. The van der Waals surface area contributed by atoms with Crippen LogP contribution in [0.1, 0.15) is 27.7 Å². The van der Waals surface area contributed by atoms with Crippen molar-refractivity contribution in [2.75, 3.05) is 4.72 Å². The Bertz CT molecular complexity index is 954. The quantitative estimate of drug-likeness (QED) is 0.611. The molecule has 0 radical (unpaired) electrons. The zero-order chi connectivity index (χ0) is 20.0. The molecule has 2 aromatic heterocycles. The van der Waals surface area contributed by atoms with Crippen LogP contribution in [0.4, 0.5) is 10.2 Å². The van der Waals surface area contributed by atoms with Crippen molar-refractivity contribution in [2.24, 2.45) is 0 Å². The molecule has 1 N–H and O–H groups in total. The zero-order valence-electron chi connectivity index (χ0n) is 15.2. The summed E-state index contributed by atoms with van der Waals surface area (Å²) in [6, 6.07) is 5.14. The van der Waals surface area contributed by atoms with Gasteiger partial charge in [0.25, 0.3) is 10.0 Å². The molecule has 3 rings (SSSR count). The van der Waals surface area contributed by atoms with Crippen LogP contribution in [-0.2, 0) is 19.3 Å². The average molecular weight is 414 g/mol. The summed E-state index contributed by atoms with van der Waals surface area (Å²) in [6.07, 6.45) is 0.906. The van der Waals surface area contributed by atoms with Crippen molar-refractivity contribution in [2.45, 2.75) is 43.8 Å². The van der Waals surface area contributed by atoms with Gasteiger partial charge in [-0.3, -0.25) is 4.72 Å². The topological polar surface area (TPSA) is 90.4 Å². The van der Waals surface area contributed by atoms with Crippen molar-refractivity contribution < 1.29 is 22.1 Å². The molecule has 7 nitrogen and oxygen atoms in total. The van der Waals surface area contributed by atoms with Crippen LogP contribution < -0.4 is 10.3 Å². The molecule has 1 saturated heterocycles. The van der Waals surface area contributed by atoms with Crippen molar-refractivity contribution in [1.29, 1.82) is 0 Å². The Morgan fingerprint density at radius 3 is 2.30 bits per heavy atom. The first-order valence-electron chi connectivity index (χ1n) is 8.08. The lowest BCUT2D eigenvalue weighted by atomic mass is 9.84. The van der Waals surface area contributed by atoms with Crippen LogP contribution in [-0.4, -0.2) is 36.7 Å². The number of pyridine rings is 2. The zero-order valence-corrected chi connectivity index (χ0v) is 16.7. The Morgan fingerprint density at radius 2 is 1.74 bits per heavy atom. The van der Waals surface area contributed by atoms with E-state index in [-0.39, 0.29) is 15.7 Å². The molecule has 1 fully saturated rings. The van der Waals surface area contributed by atoms with Crippen molar-refractivity contribution in [1.82, 2.24) is 9.97 Å². The maximum atomic E-state index is 12.9. The summed E-state index contributed by atoms with van der Waals surface area (Å²) < 4.78 is 52.0. The van der Waals surface area contributed by atoms with Gasteiger partial charge in [0.1, 0.15) is 4.90 Å². The van der Waals surface area contributed by atoms with E-state index < -0.39 is 34.3 Å². The second kappa shape index (κ2) is 6.70. The highest BCUT2D eigenvalue weighted by atomic mass is 35.5. The normalized spacial score (nSPS) is 18.5. The Kier molecular flexibility index (Phi) is 4.96. The van der Waals surface area contributed by atoms with E-state index in [1.165, 1.54) is 6.07 Å². The minimum Gasteiger partial charge on any atom is -0.398 e. The number of aromatic nitrogens is 2. The van der Waals surface area contributed by atoms with E-state index in [1.807, 2.05) is 27.7 Å². The number of hydrogen-bond acceptors (Lipinski definition) is 6. The molecule has 0 atom stereocenters. The van der Waals surface area contributed by atoms with Crippen molar-refractivity contribution >= 4 is 40.2 Å². The first kappa shape index (κ1) is 20.0. The third-order valence-corrected chi connectivity index (χ3v) is 6.23. The second-order valence-electron chi connectivity index (χ2n) is 7.08. The molecule has 0 amide bonds. The predicted molar refractivity (Wildman–Crippen MR) is 100.0 cm³/mol. The molecule has 1 aliphatic heterocycles. The molecule has 144 valence electrons. The lowest BCUT2D eigenvalue weighted by molar-refractivity contribution is 0.00578. The van der Waals surface area contributed by atoms with E-state index in [1.54, 1.807) is 6.07 Å². The monoisotopic (exact) mass is 413 g/mol. The number of nitrogens with zero attached hydrogens (tertiary/aromatic N) is 2. The van der Waals surface area contributed by atoms with Gasteiger partial charge in [0.15, 0.2) is 5.82 Å². The van der Waals surface area contributed by atoms with Gasteiger partial charge in [0.2, 0.25) is 5.95 Å². The van der Waals surface area contributed by atoms with E-state index >= 15 is 0 Å². The standard InChI is InChI=1S/C16H18BClFN3O4S/c1-15(2)16(3,4)26-17(25-15)12-7-6-11(18)14(21-12)22-27(23,24)10-5-8-13(19)20-9-10/h5-9H,1-4H3,(H,21,22). The smallest absolute Gasteiger partial charge is 0.398 e. The van der Waals surface area contributed by atoms with Crippen LogP contribution in [0.3, 0.4) is 0 Å². The van der Waals surface area contributed by atoms with Gasteiger partial charge in [-0.15, -0.1) is 0 Å². The van der Waals surface area contributed by atoms with Gasteiger partial charge in [0.05, 0.1) is 28.0 Å². The Hall–Kier alpha value is -1.75. The van der Waals surface area contributed by atoms with E-state index in [0.29, 0.717) is 5.59 Å². The molecule has 0 saturated carbocycles. The van der Waals surface area contributed by atoms with E-state index in [2.05, 4.69) is 14.7 Å². The lowest BCUT2D eigenvalue weighted by Gasteiger charge is -2.32. The van der Waals surface area contributed by atoms with Crippen LogP contribution in [0.25, 0.3) is 0 Å². The maximum absolute atomic E-state index is 12.9. The summed E-state index contributed by atoms with van der Waals surface area (Å²) >= 11 is 6.09. The highest BCUT2D eigenvalue weighted by Crippen LogP contribution is 2.36. The Balaban J connectivity index is 1.90. The number of hydrogen-bond donors (Lipinski definition) is 1. The fourth-order valence-corrected chi connectivity index (χ4v) is 3.51. The maximum Gasteiger partial charge on any atom is 0.514 e. The molecule has 2 aromatic rings. The molecular weight excluding hydrogens is 396 g/mol. The number of sulfonamides is 1. The predicted octanol–water partition coefficient (Wildman–Crippen LogP) is 2.37. The molecule has 11 heteroatoms.